The lowest BCUT2D eigenvalue weighted by atomic mass is 9.86. The highest BCUT2D eigenvalue weighted by Gasteiger charge is 2.43. The number of alkyl halides is 6. The van der Waals surface area contributed by atoms with E-state index in [4.69, 9.17) is 0 Å². The fourth-order valence-corrected chi connectivity index (χ4v) is 5.32. The molecule has 9 heteroatoms. The third kappa shape index (κ3) is 4.29. The van der Waals surface area contributed by atoms with Crippen LogP contribution in [0, 0.1) is 0 Å². The summed E-state index contributed by atoms with van der Waals surface area (Å²) in [5.41, 5.74) is 1.28. The molecule has 190 valence electrons. The Bertz CT molecular complexity index is 1360. The van der Waals surface area contributed by atoms with Crippen LogP contribution in [0.1, 0.15) is 61.5 Å². The number of nitrogens with zero attached hydrogens (tertiary/aromatic N) is 2. The maximum absolute atomic E-state index is 13.3. The Morgan fingerprint density at radius 1 is 1.00 bits per heavy atom. The van der Waals surface area contributed by atoms with Gasteiger partial charge in [0, 0.05) is 18.2 Å². The van der Waals surface area contributed by atoms with Crippen molar-refractivity contribution in [3.63, 3.8) is 0 Å². The van der Waals surface area contributed by atoms with E-state index in [1.807, 2.05) is 26.0 Å². The monoisotopic (exact) mass is 505 g/mol. The zero-order valence-corrected chi connectivity index (χ0v) is 19.8. The summed E-state index contributed by atoms with van der Waals surface area (Å²) in [4.78, 5) is 9.94. The van der Waals surface area contributed by atoms with Crippen LogP contribution in [-0.4, -0.2) is 21.4 Å². The van der Waals surface area contributed by atoms with Gasteiger partial charge in [-0.25, -0.2) is 4.98 Å². The highest BCUT2D eigenvalue weighted by Crippen LogP contribution is 2.45. The Morgan fingerprint density at radius 3 is 2.44 bits per heavy atom. The van der Waals surface area contributed by atoms with Gasteiger partial charge in [0.25, 0.3) is 0 Å². The summed E-state index contributed by atoms with van der Waals surface area (Å²) in [5, 5.41) is 0. The quantitative estimate of drug-likeness (QED) is 0.367. The number of likely N-dealkylation sites (tertiary alicyclic amines) is 1. The molecule has 3 nitrogen and oxygen atoms in total. The van der Waals surface area contributed by atoms with Gasteiger partial charge in [0.2, 0.25) is 0 Å². The molecule has 0 amide bonds. The van der Waals surface area contributed by atoms with Crippen molar-refractivity contribution in [2.45, 2.75) is 56.9 Å². The predicted octanol–water partition coefficient (Wildman–Crippen LogP) is 7.93. The molecule has 2 aliphatic rings. The van der Waals surface area contributed by atoms with E-state index in [1.54, 1.807) is 6.07 Å². The van der Waals surface area contributed by atoms with Crippen molar-refractivity contribution in [2.24, 2.45) is 0 Å². The van der Waals surface area contributed by atoms with Crippen molar-refractivity contribution in [2.75, 3.05) is 6.54 Å². The van der Waals surface area contributed by atoms with E-state index in [-0.39, 0.29) is 5.92 Å². The second-order valence-electron chi connectivity index (χ2n) is 9.75. The van der Waals surface area contributed by atoms with Crippen LogP contribution in [0.25, 0.3) is 11.0 Å². The Balaban J connectivity index is 1.51. The first-order valence-electron chi connectivity index (χ1n) is 11.8. The normalized spacial score (nSPS) is 23.2. The Morgan fingerprint density at radius 2 is 1.72 bits per heavy atom. The summed E-state index contributed by atoms with van der Waals surface area (Å²) < 4.78 is 79.4. The first-order chi connectivity index (χ1) is 16.9. The zero-order valence-electron chi connectivity index (χ0n) is 19.8. The van der Waals surface area contributed by atoms with E-state index >= 15 is 0 Å². The summed E-state index contributed by atoms with van der Waals surface area (Å²) in [6.07, 6.45) is -2.64. The number of hydrogen-bond acceptors (Lipinski definition) is 2. The van der Waals surface area contributed by atoms with E-state index in [0.717, 1.165) is 42.3 Å². The van der Waals surface area contributed by atoms with Crippen LogP contribution >= 0.6 is 0 Å². The maximum Gasteiger partial charge on any atom is 0.416 e. The number of allylic oxidation sites excluding steroid dienone is 3. The van der Waals surface area contributed by atoms with Crippen LogP contribution in [0.5, 0.6) is 0 Å². The summed E-state index contributed by atoms with van der Waals surface area (Å²) >= 11 is 0. The van der Waals surface area contributed by atoms with Crippen LogP contribution in [-0.2, 0) is 17.9 Å². The van der Waals surface area contributed by atoms with Crippen molar-refractivity contribution in [1.29, 1.82) is 0 Å². The molecule has 0 radical (unpaired) electrons. The van der Waals surface area contributed by atoms with Crippen LogP contribution < -0.4 is 0 Å². The zero-order chi connectivity index (χ0) is 25.9. The number of benzene rings is 2. The summed E-state index contributed by atoms with van der Waals surface area (Å²) in [6.45, 7) is 4.68. The first kappa shape index (κ1) is 24.5. The SMILES string of the molecule is CC1=CCC(c2cccc(C(F)(F)F)c2)C=C1N1CCC[C@@]1(C)c1nc2ccc(C(F)(F)F)cc2[nH]1. The molecule has 36 heavy (non-hydrogen) atoms. The van der Waals surface area contributed by atoms with Gasteiger partial charge in [-0.3, -0.25) is 0 Å². The third-order valence-electron chi connectivity index (χ3n) is 7.33. The molecule has 1 aliphatic heterocycles. The fraction of sp³-hybridized carbons (Fsp3) is 0.370. The van der Waals surface area contributed by atoms with Crippen molar-refractivity contribution in [3.8, 4) is 0 Å². The molecule has 1 saturated heterocycles. The number of aromatic amines is 1. The van der Waals surface area contributed by atoms with E-state index in [1.165, 1.54) is 18.2 Å². The van der Waals surface area contributed by atoms with Gasteiger partial charge < -0.3 is 9.88 Å². The lowest BCUT2D eigenvalue weighted by Crippen LogP contribution is -2.39. The molecule has 0 spiro atoms. The molecule has 2 atom stereocenters. The van der Waals surface area contributed by atoms with Gasteiger partial charge in [-0.05, 0) is 68.5 Å². The van der Waals surface area contributed by atoms with Gasteiger partial charge >= 0.3 is 12.4 Å². The average Bonchev–Trinajstić information content (AvgIpc) is 3.42. The molecule has 2 heterocycles. The summed E-state index contributed by atoms with van der Waals surface area (Å²) in [7, 11) is 0. The molecule has 1 aliphatic carbocycles. The van der Waals surface area contributed by atoms with E-state index in [0.29, 0.717) is 35.4 Å². The second kappa shape index (κ2) is 8.42. The van der Waals surface area contributed by atoms with Crippen molar-refractivity contribution in [1.82, 2.24) is 14.9 Å². The number of rotatable bonds is 3. The fourth-order valence-electron chi connectivity index (χ4n) is 5.32. The van der Waals surface area contributed by atoms with Gasteiger partial charge in [0.1, 0.15) is 5.82 Å². The topological polar surface area (TPSA) is 31.9 Å². The number of H-pyrrole nitrogens is 1. The lowest BCUT2D eigenvalue weighted by molar-refractivity contribution is -0.138. The van der Waals surface area contributed by atoms with Crippen molar-refractivity contribution < 1.29 is 26.3 Å². The van der Waals surface area contributed by atoms with Crippen molar-refractivity contribution >= 4 is 11.0 Å². The third-order valence-corrected chi connectivity index (χ3v) is 7.33. The number of aromatic nitrogens is 2. The van der Waals surface area contributed by atoms with Gasteiger partial charge in [-0.1, -0.05) is 30.4 Å². The molecule has 1 aromatic heterocycles. The molecule has 2 aromatic carbocycles. The largest absolute Gasteiger partial charge is 0.416 e. The van der Waals surface area contributed by atoms with Crippen LogP contribution in [0.2, 0.25) is 0 Å². The lowest BCUT2D eigenvalue weighted by Gasteiger charge is -2.39. The average molecular weight is 506 g/mol. The van der Waals surface area contributed by atoms with Gasteiger partial charge in [0.05, 0.1) is 27.7 Å². The van der Waals surface area contributed by atoms with Gasteiger partial charge in [-0.15, -0.1) is 0 Å². The summed E-state index contributed by atoms with van der Waals surface area (Å²) in [5.74, 6) is 0.352. The molecule has 3 aromatic rings. The molecule has 1 unspecified atom stereocenters. The Hall–Kier alpha value is -3.23. The predicted molar refractivity (Wildman–Crippen MR) is 125 cm³/mol. The highest BCUT2D eigenvalue weighted by atomic mass is 19.4. The van der Waals surface area contributed by atoms with Crippen LogP contribution in [0.15, 0.2) is 65.9 Å². The van der Waals surface area contributed by atoms with Crippen LogP contribution in [0.4, 0.5) is 26.3 Å². The highest BCUT2D eigenvalue weighted by molar-refractivity contribution is 5.76. The maximum atomic E-state index is 13.3. The minimum absolute atomic E-state index is 0.221. The Kier molecular flexibility index (Phi) is 5.72. The van der Waals surface area contributed by atoms with Gasteiger partial charge in [-0.2, -0.15) is 26.3 Å². The van der Waals surface area contributed by atoms with Crippen LogP contribution in [0.3, 0.4) is 0 Å². The number of hydrogen-bond donors (Lipinski definition) is 1. The number of halogens is 6. The number of nitrogens with one attached hydrogen (secondary N) is 1. The molecule has 0 bridgehead atoms. The number of imidazole rings is 1. The minimum atomic E-state index is -4.45. The molecule has 5 rings (SSSR count). The smallest absolute Gasteiger partial charge is 0.359 e. The standard InChI is InChI=1S/C27H25F6N3/c1-16-7-8-18(17-5-3-6-19(13-17)26(28,29)30)14-23(16)36-12-4-11-25(36,2)24-34-21-10-9-20(27(31,32)33)15-22(21)35-24/h3,5-7,9-10,13-15,18H,4,8,11-12H2,1-2H3,(H,34,35)/t18?,25-/m0/s1. The Labute approximate surface area is 204 Å². The minimum Gasteiger partial charge on any atom is -0.359 e. The first-order valence-corrected chi connectivity index (χ1v) is 11.8. The van der Waals surface area contributed by atoms with E-state index in [2.05, 4.69) is 14.9 Å². The molecule has 0 saturated carbocycles. The molecule has 1 fully saturated rings. The van der Waals surface area contributed by atoms with Crippen molar-refractivity contribution in [3.05, 3.63) is 88.4 Å². The molecule has 1 N–H and O–H groups in total. The second-order valence-corrected chi connectivity index (χ2v) is 9.75. The van der Waals surface area contributed by atoms with E-state index < -0.39 is 29.0 Å². The molecular weight excluding hydrogens is 480 g/mol. The summed E-state index contributed by atoms with van der Waals surface area (Å²) in [6, 6.07) is 8.88. The van der Waals surface area contributed by atoms with E-state index in [9.17, 15) is 26.3 Å². The van der Waals surface area contributed by atoms with Gasteiger partial charge in [0.15, 0.2) is 0 Å². The molecular formula is C27H25F6N3. The number of fused-ring (bicyclic) bond motifs is 1.